The summed E-state index contributed by atoms with van der Waals surface area (Å²) in [5.41, 5.74) is 1.34. The van der Waals surface area contributed by atoms with Crippen LogP contribution in [0.4, 0.5) is 0 Å². The van der Waals surface area contributed by atoms with Gasteiger partial charge in [-0.3, -0.25) is 0 Å². The van der Waals surface area contributed by atoms with Gasteiger partial charge in [0, 0.05) is 11.3 Å². The Morgan fingerprint density at radius 1 is 1.70 bits per heavy atom. The van der Waals surface area contributed by atoms with Gasteiger partial charge in [-0.05, 0) is 23.4 Å². The van der Waals surface area contributed by atoms with E-state index in [4.69, 9.17) is 0 Å². The minimum Gasteiger partial charge on any atom is -0.303 e. The van der Waals surface area contributed by atoms with Gasteiger partial charge in [-0.2, -0.15) is 0 Å². The van der Waals surface area contributed by atoms with Gasteiger partial charge in [-0.15, -0.1) is 11.3 Å². The van der Waals surface area contributed by atoms with Crippen LogP contribution in [0.1, 0.15) is 17.4 Å². The molecule has 0 radical (unpaired) electrons. The van der Waals surface area contributed by atoms with E-state index in [-0.39, 0.29) is 0 Å². The first-order valence-corrected chi connectivity index (χ1v) is 4.24. The van der Waals surface area contributed by atoms with E-state index in [2.05, 4.69) is 18.4 Å². The molecule has 0 amide bonds. The summed E-state index contributed by atoms with van der Waals surface area (Å²) < 4.78 is 0. The number of thiophene rings is 1. The van der Waals surface area contributed by atoms with Gasteiger partial charge in [0.1, 0.15) is 6.29 Å². The van der Waals surface area contributed by atoms with Crippen LogP contribution in [0, 0.1) is 0 Å². The Balaban J connectivity index is 2.67. The van der Waals surface area contributed by atoms with Crippen molar-refractivity contribution in [1.82, 2.24) is 0 Å². The molecule has 1 nitrogen and oxygen atoms in total. The second-order valence-electron chi connectivity index (χ2n) is 2.15. The molecule has 0 unspecified atom stereocenters. The van der Waals surface area contributed by atoms with E-state index in [1.807, 2.05) is 0 Å². The lowest BCUT2D eigenvalue weighted by Crippen LogP contribution is -1.78. The number of rotatable bonds is 3. The molecule has 1 rings (SSSR count). The average molecular weight is 154 g/mol. The summed E-state index contributed by atoms with van der Waals surface area (Å²) in [5, 5.41) is 2.11. The van der Waals surface area contributed by atoms with Gasteiger partial charge in [-0.25, -0.2) is 0 Å². The maximum absolute atomic E-state index is 10.1. The predicted molar refractivity (Wildman–Crippen MR) is 43.5 cm³/mol. The van der Waals surface area contributed by atoms with E-state index in [1.165, 1.54) is 10.4 Å². The van der Waals surface area contributed by atoms with E-state index in [0.717, 1.165) is 12.7 Å². The quantitative estimate of drug-likeness (QED) is 0.609. The van der Waals surface area contributed by atoms with Crippen LogP contribution in [0.5, 0.6) is 0 Å². The lowest BCUT2D eigenvalue weighted by atomic mass is 10.2. The minimum absolute atomic E-state index is 0.574. The van der Waals surface area contributed by atoms with Gasteiger partial charge in [0.05, 0.1) is 0 Å². The fourth-order valence-electron chi connectivity index (χ4n) is 0.801. The highest BCUT2D eigenvalue weighted by atomic mass is 32.1. The van der Waals surface area contributed by atoms with Crippen LogP contribution in [0.2, 0.25) is 0 Å². The topological polar surface area (TPSA) is 17.1 Å². The number of hydrogen-bond donors (Lipinski definition) is 0. The first-order valence-electron chi connectivity index (χ1n) is 3.36. The van der Waals surface area contributed by atoms with Crippen LogP contribution < -0.4 is 0 Å². The van der Waals surface area contributed by atoms with Crippen molar-refractivity contribution in [2.45, 2.75) is 19.8 Å². The molecule has 0 saturated heterocycles. The summed E-state index contributed by atoms with van der Waals surface area (Å²) in [6.07, 6.45) is 2.59. The Bertz CT molecular complexity index is 215. The molecule has 1 aromatic rings. The predicted octanol–water partition coefficient (Wildman–Crippen LogP) is 2.05. The molecule has 0 fully saturated rings. The number of hydrogen-bond acceptors (Lipinski definition) is 2. The van der Waals surface area contributed by atoms with Gasteiger partial charge < -0.3 is 4.79 Å². The third-order valence-corrected chi connectivity index (χ3v) is 2.41. The molecule has 1 aromatic heterocycles. The zero-order chi connectivity index (χ0) is 7.40. The fourth-order valence-corrected chi connectivity index (χ4v) is 1.72. The molecule has 10 heavy (non-hydrogen) atoms. The van der Waals surface area contributed by atoms with Crippen molar-refractivity contribution in [2.75, 3.05) is 0 Å². The van der Waals surface area contributed by atoms with Crippen LogP contribution in [-0.2, 0) is 17.6 Å². The zero-order valence-corrected chi connectivity index (χ0v) is 6.78. The van der Waals surface area contributed by atoms with Gasteiger partial charge in [0.2, 0.25) is 0 Å². The van der Waals surface area contributed by atoms with Crippen molar-refractivity contribution < 1.29 is 4.79 Å². The highest BCUT2D eigenvalue weighted by Crippen LogP contribution is 2.14. The molecule has 0 saturated carbocycles. The second kappa shape index (κ2) is 3.52. The molecule has 0 N–H and O–H groups in total. The van der Waals surface area contributed by atoms with E-state index >= 15 is 0 Å². The number of carbonyl (C=O) groups excluding carboxylic acids is 1. The summed E-state index contributed by atoms with van der Waals surface area (Å²) in [6, 6.07) is 2.10. The van der Waals surface area contributed by atoms with E-state index in [1.54, 1.807) is 11.3 Å². The molecule has 0 bridgehead atoms. The molecule has 0 aliphatic carbocycles. The SMILES string of the molecule is CCc1csc(CC=O)c1. The molecule has 2 heteroatoms. The Labute approximate surface area is 64.7 Å². The zero-order valence-electron chi connectivity index (χ0n) is 5.96. The summed E-state index contributed by atoms with van der Waals surface area (Å²) in [6.45, 7) is 2.12. The number of aryl methyl sites for hydroxylation is 1. The highest BCUT2D eigenvalue weighted by molar-refractivity contribution is 7.10. The highest BCUT2D eigenvalue weighted by Gasteiger charge is 1.95. The van der Waals surface area contributed by atoms with Gasteiger partial charge >= 0.3 is 0 Å². The molecule has 0 atom stereocenters. The molecular weight excluding hydrogens is 144 g/mol. The van der Waals surface area contributed by atoms with Crippen LogP contribution >= 0.6 is 11.3 Å². The van der Waals surface area contributed by atoms with E-state index in [0.29, 0.717) is 6.42 Å². The monoisotopic (exact) mass is 154 g/mol. The summed E-state index contributed by atoms with van der Waals surface area (Å²) >= 11 is 1.67. The summed E-state index contributed by atoms with van der Waals surface area (Å²) in [7, 11) is 0. The van der Waals surface area contributed by atoms with E-state index < -0.39 is 0 Å². The van der Waals surface area contributed by atoms with Gasteiger partial charge in [0.15, 0.2) is 0 Å². The van der Waals surface area contributed by atoms with Crippen LogP contribution in [0.3, 0.4) is 0 Å². The molecule has 54 valence electrons. The molecular formula is C8H10OS. The number of carbonyl (C=O) groups is 1. The fraction of sp³-hybridized carbons (Fsp3) is 0.375. The van der Waals surface area contributed by atoms with Crippen molar-refractivity contribution >= 4 is 17.6 Å². The molecule has 0 aromatic carbocycles. The normalized spacial score (nSPS) is 9.70. The van der Waals surface area contributed by atoms with E-state index in [9.17, 15) is 4.79 Å². The molecule has 1 heterocycles. The Hall–Kier alpha value is -0.630. The van der Waals surface area contributed by atoms with Crippen molar-refractivity contribution in [1.29, 1.82) is 0 Å². The van der Waals surface area contributed by atoms with Crippen molar-refractivity contribution in [3.63, 3.8) is 0 Å². The Morgan fingerprint density at radius 3 is 3.00 bits per heavy atom. The van der Waals surface area contributed by atoms with Crippen molar-refractivity contribution in [2.24, 2.45) is 0 Å². The third-order valence-electron chi connectivity index (χ3n) is 1.40. The van der Waals surface area contributed by atoms with Crippen molar-refractivity contribution in [3.05, 3.63) is 21.9 Å². The lowest BCUT2D eigenvalue weighted by Gasteiger charge is -1.83. The first kappa shape index (κ1) is 7.48. The van der Waals surface area contributed by atoms with Crippen LogP contribution in [0.25, 0.3) is 0 Å². The third kappa shape index (κ3) is 1.67. The summed E-state index contributed by atoms with van der Waals surface area (Å²) in [5.74, 6) is 0. The smallest absolute Gasteiger partial charge is 0.125 e. The molecule has 0 aliphatic rings. The Morgan fingerprint density at radius 2 is 2.50 bits per heavy atom. The van der Waals surface area contributed by atoms with Crippen molar-refractivity contribution in [3.8, 4) is 0 Å². The number of aldehydes is 1. The standard InChI is InChI=1S/C8H10OS/c1-2-7-5-8(3-4-9)10-6-7/h4-6H,2-3H2,1H3. The maximum Gasteiger partial charge on any atom is 0.125 e. The lowest BCUT2D eigenvalue weighted by molar-refractivity contribution is -0.107. The maximum atomic E-state index is 10.1. The largest absolute Gasteiger partial charge is 0.303 e. The summed E-state index contributed by atoms with van der Waals surface area (Å²) in [4.78, 5) is 11.3. The van der Waals surface area contributed by atoms with Crippen LogP contribution in [0.15, 0.2) is 11.4 Å². The molecule has 0 spiro atoms. The average Bonchev–Trinajstić information content (AvgIpc) is 2.37. The van der Waals surface area contributed by atoms with Crippen LogP contribution in [-0.4, -0.2) is 6.29 Å². The first-order chi connectivity index (χ1) is 4.86. The second-order valence-corrected chi connectivity index (χ2v) is 3.14. The van der Waals surface area contributed by atoms with Gasteiger partial charge in [-0.1, -0.05) is 6.92 Å². The van der Waals surface area contributed by atoms with Gasteiger partial charge in [0.25, 0.3) is 0 Å². The minimum atomic E-state index is 0.574. The Kier molecular flexibility index (Phi) is 2.63. The molecule has 0 aliphatic heterocycles.